The van der Waals surface area contributed by atoms with Gasteiger partial charge in [0.1, 0.15) is 0 Å². The Morgan fingerprint density at radius 2 is 1.72 bits per heavy atom. The Bertz CT molecular complexity index is 766. The van der Waals surface area contributed by atoms with Crippen molar-refractivity contribution in [3.05, 3.63) is 51.9 Å². The van der Waals surface area contributed by atoms with E-state index in [0.29, 0.717) is 9.69 Å². The fraction of sp³-hybridized carbons (Fsp3) is 0.133. The van der Waals surface area contributed by atoms with Crippen LogP contribution < -0.4 is 16.2 Å². The Morgan fingerprint density at radius 3 is 2.36 bits per heavy atom. The first-order valence-electron chi connectivity index (χ1n) is 6.93. The van der Waals surface area contributed by atoms with Crippen molar-refractivity contribution < 1.29 is 18.8 Å². The van der Waals surface area contributed by atoms with Crippen LogP contribution in [0.25, 0.3) is 0 Å². The van der Waals surface area contributed by atoms with Gasteiger partial charge in [0.25, 0.3) is 11.8 Å². The smallest absolute Gasteiger partial charge is 0.287 e. The molecule has 0 atom stereocenters. The standard InChI is InChI=1S/C15H13BrClN3O4S/c16-12-6-5-11(24-12)15(23)18-7-13(21)19-20-14(22)8-25-10-3-1-9(17)2-4-10/h1-6H,7-8H2,(H,18,23)(H,19,21)(H,20,22). The number of furan rings is 1. The highest BCUT2D eigenvalue weighted by Crippen LogP contribution is 2.19. The molecule has 1 aromatic heterocycles. The number of hydrazine groups is 1. The van der Waals surface area contributed by atoms with Gasteiger partial charge in [-0.25, -0.2) is 0 Å². The van der Waals surface area contributed by atoms with Crippen molar-refractivity contribution in [2.24, 2.45) is 0 Å². The first-order chi connectivity index (χ1) is 11.9. The number of carbonyl (C=O) groups excluding carboxylic acids is 3. The minimum atomic E-state index is -0.566. The molecule has 10 heteroatoms. The van der Waals surface area contributed by atoms with Crippen LogP contribution in [0, 0.1) is 0 Å². The summed E-state index contributed by atoms with van der Waals surface area (Å²) in [5, 5.41) is 2.98. The van der Waals surface area contributed by atoms with Gasteiger partial charge in [0.2, 0.25) is 5.91 Å². The molecule has 25 heavy (non-hydrogen) atoms. The zero-order valence-corrected chi connectivity index (χ0v) is 15.8. The molecule has 3 N–H and O–H groups in total. The van der Waals surface area contributed by atoms with E-state index in [9.17, 15) is 14.4 Å². The van der Waals surface area contributed by atoms with E-state index in [1.54, 1.807) is 30.3 Å². The molecule has 0 aliphatic heterocycles. The second-order valence-electron chi connectivity index (χ2n) is 4.63. The molecule has 0 aliphatic carbocycles. The largest absolute Gasteiger partial charge is 0.444 e. The van der Waals surface area contributed by atoms with Crippen LogP contribution in [0.15, 0.2) is 50.4 Å². The van der Waals surface area contributed by atoms with E-state index < -0.39 is 11.8 Å². The molecule has 1 heterocycles. The van der Waals surface area contributed by atoms with E-state index in [2.05, 4.69) is 32.1 Å². The summed E-state index contributed by atoms with van der Waals surface area (Å²) in [6.07, 6.45) is 0. The lowest BCUT2D eigenvalue weighted by molar-refractivity contribution is -0.127. The van der Waals surface area contributed by atoms with E-state index in [1.165, 1.54) is 17.8 Å². The Morgan fingerprint density at radius 1 is 1.04 bits per heavy atom. The van der Waals surface area contributed by atoms with Crippen LogP contribution in [0.2, 0.25) is 5.02 Å². The molecule has 3 amide bonds. The lowest BCUT2D eigenvalue weighted by Gasteiger charge is -2.08. The Labute approximate surface area is 161 Å². The van der Waals surface area contributed by atoms with Gasteiger partial charge in [-0.2, -0.15) is 0 Å². The van der Waals surface area contributed by atoms with Crippen LogP contribution >= 0.6 is 39.3 Å². The van der Waals surface area contributed by atoms with Crippen molar-refractivity contribution in [2.75, 3.05) is 12.3 Å². The van der Waals surface area contributed by atoms with Crippen LogP contribution in [0.3, 0.4) is 0 Å². The summed E-state index contributed by atoms with van der Waals surface area (Å²) in [5.74, 6) is -1.29. The molecule has 132 valence electrons. The molecule has 7 nitrogen and oxygen atoms in total. The van der Waals surface area contributed by atoms with Gasteiger partial charge in [-0.15, -0.1) is 11.8 Å². The minimum absolute atomic E-state index is 0.0723. The Kier molecular flexibility index (Phi) is 7.35. The predicted molar refractivity (Wildman–Crippen MR) is 97.2 cm³/mol. The van der Waals surface area contributed by atoms with Gasteiger partial charge < -0.3 is 9.73 Å². The molecule has 2 aromatic rings. The lowest BCUT2D eigenvalue weighted by Crippen LogP contribution is -2.46. The van der Waals surface area contributed by atoms with E-state index in [1.807, 2.05) is 0 Å². The maximum Gasteiger partial charge on any atom is 0.287 e. The van der Waals surface area contributed by atoms with Gasteiger partial charge in [-0.05, 0) is 52.3 Å². The summed E-state index contributed by atoms with van der Waals surface area (Å²) < 4.78 is 5.46. The second-order valence-corrected chi connectivity index (χ2v) is 6.89. The van der Waals surface area contributed by atoms with Crippen LogP contribution in [0.5, 0.6) is 0 Å². The van der Waals surface area contributed by atoms with Crippen molar-refractivity contribution in [3.8, 4) is 0 Å². The number of amides is 3. The van der Waals surface area contributed by atoms with Gasteiger partial charge >= 0.3 is 0 Å². The zero-order chi connectivity index (χ0) is 18.2. The Balaban J connectivity index is 1.64. The summed E-state index contributed by atoms with van der Waals surface area (Å²) >= 11 is 10.1. The molecule has 0 saturated heterocycles. The number of benzene rings is 1. The number of carbonyl (C=O) groups is 3. The van der Waals surface area contributed by atoms with E-state index in [0.717, 1.165) is 4.90 Å². The SMILES string of the molecule is O=C(CNC(=O)c1ccc(Br)o1)NNC(=O)CSc1ccc(Cl)cc1. The fourth-order valence-corrected chi connectivity index (χ4v) is 2.71. The fourth-order valence-electron chi connectivity index (χ4n) is 1.58. The number of thioether (sulfide) groups is 1. The molecule has 0 unspecified atom stereocenters. The molecule has 0 aliphatic rings. The second kappa shape index (κ2) is 9.50. The molecule has 0 fully saturated rings. The number of halogens is 2. The van der Waals surface area contributed by atoms with Crippen LogP contribution in [-0.4, -0.2) is 30.0 Å². The van der Waals surface area contributed by atoms with Gasteiger partial charge in [-0.1, -0.05) is 11.6 Å². The highest BCUT2D eigenvalue weighted by Gasteiger charge is 2.12. The topological polar surface area (TPSA) is 100 Å². The molecular weight excluding hydrogens is 434 g/mol. The van der Waals surface area contributed by atoms with Crippen LogP contribution in [0.1, 0.15) is 10.6 Å². The maximum absolute atomic E-state index is 11.7. The van der Waals surface area contributed by atoms with Gasteiger partial charge in [0.15, 0.2) is 10.4 Å². The first kappa shape index (κ1) is 19.4. The molecule has 0 spiro atoms. The summed E-state index contributed by atoms with van der Waals surface area (Å²) in [6.45, 7) is -0.304. The van der Waals surface area contributed by atoms with Crippen molar-refractivity contribution in [1.82, 2.24) is 16.2 Å². The molecule has 0 saturated carbocycles. The maximum atomic E-state index is 11.7. The van der Waals surface area contributed by atoms with Crippen molar-refractivity contribution in [2.45, 2.75) is 4.90 Å². The van der Waals surface area contributed by atoms with Crippen molar-refractivity contribution >= 4 is 57.0 Å². The Hall–Kier alpha value is -1.97. The third-order valence-corrected chi connectivity index (χ3v) is 4.42. The third-order valence-electron chi connectivity index (χ3n) is 2.73. The summed E-state index contributed by atoms with van der Waals surface area (Å²) in [6, 6.07) is 10.1. The molecule has 0 bridgehead atoms. The highest BCUT2D eigenvalue weighted by molar-refractivity contribution is 9.10. The molecular formula is C15H13BrClN3O4S. The third kappa shape index (κ3) is 6.81. The summed E-state index contributed by atoms with van der Waals surface area (Å²) in [4.78, 5) is 35.8. The van der Waals surface area contributed by atoms with Crippen molar-refractivity contribution in [3.63, 3.8) is 0 Å². The molecule has 0 radical (unpaired) electrons. The minimum Gasteiger partial charge on any atom is -0.444 e. The number of hydrogen-bond donors (Lipinski definition) is 3. The van der Waals surface area contributed by atoms with Gasteiger partial charge in [0, 0.05) is 9.92 Å². The molecule has 1 aromatic carbocycles. The summed E-state index contributed by atoms with van der Waals surface area (Å²) in [5.41, 5.74) is 4.48. The monoisotopic (exact) mass is 445 g/mol. The van der Waals surface area contributed by atoms with Crippen LogP contribution in [0.4, 0.5) is 0 Å². The number of nitrogens with one attached hydrogen (secondary N) is 3. The quantitative estimate of drug-likeness (QED) is 0.467. The number of hydrogen-bond acceptors (Lipinski definition) is 5. The number of rotatable bonds is 6. The average Bonchev–Trinajstić information content (AvgIpc) is 3.04. The van der Waals surface area contributed by atoms with Gasteiger partial charge in [-0.3, -0.25) is 25.2 Å². The normalized spacial score (nSPS) is 10.2. The zero-order valence-electron chi connectivity index (χ0n) is 12.7. The lowest BCUT2D eigenvalue weighted by atomic mass is 10.4. The van der Waals surface area contributed by atoms with Crippen molar-refractivity contribution in [1.29, 1.82) is 0 Å². The molecule has 2 rings (SSSR count). The summed E-state index contributed by atoms with van der Waals surface area (Å²) in [7, 11) is 0. The first-order valence-corrected chi connectivity index (χ1v) is 9.09. The van der Waals surface area contributed by atoms with E-state index in [-0.39, 0.29) is 24.0 Å². The van der Waals surface area contributed by atoms with Gasteiger partial charge in [0.05, 0.1) is 12.3 Å². The average molecular weight is 447 g/mol. The van der Waals surface area contributed by atoms with E-state index in [4.69, 9.17) is 16.0 Å². The van der Waals surface area contributed by atoms with E-state index >= 15 is 0 Å². The highest BCUT2D eigenvalue weighted by atomic mass is 79.9. The predicted octanol–water partition coefficient (Wildman–Crippen LogP) is 2.37. The van der Waals surface area contributed by atoms with Crippen LogP contribution in [-0.2, 0) is 9.59 Å².